The summed E-state index contributed by atoms with van der Waals surface area (Å²) in [6.07, 6.45) is 4.38. The van der Waals surface area contributed by atoms with Crippen LogP contribution in [0.2, 0.25) is 0 Å². The molecule has 1 aromatic heterocycles. The van der Waals surface area contributed by atoms with Gasteiger partial charge in [-0.05, 0) is 6.54 Å². The predicted molar refractivity (Wildman–Crippen MR) is 31.3 cm³/mol. The molecule has 0 bridgehead atoms. The third-order valence-electron chi connectivity index (χ3n) is 0.955. The van der Waals surface area contributed by atoms with E-state index in [1.165, 1.54) is 0 Å². The second kappa shape index (κ2) is 4.56. The first kappa shape index (κ1) is 8.69. The largest absolute Gasteiger partial charge is 0.351 e. The van der Waals surface area contributed by atoms with Crippen LogP contribution in [0.1, 0.15) is 5.69 Å². The van der Waals surface area contributed by atoms with Gasteiger partial charge in [-0.2, -0.15) is 0 Å². The molecule has 0 saturated carbocycles. The number of hydrogen-bond acceptors (Lipinski definition) is 2. The number of nitrogens with one attached hydrogen (secondary N) is 1. The van der Waals surface area contributed by atoms with Crippen LogP contribution >= 0.6 is 0 Å². The summed E-state index contributed by atoms with van der Waals surface area (Å²) in [6.45, 7) is 0.671. The average molecular weight is 167 g/mol. The van der Waals surface area contributed by atoms with Gasteiger partial charge in [-0.15, -0.1) is 0 Å². The predicted octanol–water partition coefficient (Wildman–Crippen LogP) is -0.0916. The summed E-state index contributed by atoms with van der Waals surface area (Å²) in [5.41, 5.74) is 6.30. The molecule has 1 aromatic rings. The molecule has 0 fully saturated rings. The Balaban J connectivity index is 0.000000640. The molecule has 3 N–H and O–H groups in total. The number of hydrogen-bond donors (Lipinski definition) is 2. The molecule has 0 radical (unpaired) electrons. The van der Waals surface area contributed by atoms with Gasteiger partial charge in [0.25, 0.3) is 0 Å². The molecule has 0 unspecified atom stereocenters. The van der Waals surface area contributed by atoms with Crippen molar-refractivity contribution in [3.05, 3.63) is 18.2 Å². The number of imidazole rings is 1. The third kappa shape index (κ3) is 2.65. The fourth-order valence-corrected chi connectivity index (χ4v) is 0.576. The van der Waals surface area contributed by atoms with Crippen molar-refractivity contribution in [2.75, 3.05) is 6.54 Å². The Hall–Kier alpha value is -0.311. The average Bonchev–Trinajstić information content (AvgIpc) is 2.19. The fourth-order valence-electron chi connectivity index (χ4n) is 0.576. The van der Waals surface area contributed by atoms with Crippen LogP contribution in [0.15, 0.2) is 12.5 Å². The van der Waals surface area contributed by atoms with Gasteiger partial charge in [0.1, 0.15) is 0 Å². The number of rotatable bonds is 2. The van der Waals surface area contributed by atoms with E-state index in [9.17, 15) is 0 Å². The van der Waals surface area contributed by atoms with E-state index in [1.54, 1.807) is 6.33 Å². The van der Waals surface area contributed by atoms with Crippen LogP contribution in [0.5, 0.6) is 0 Å². The quantitative estimate of drug-likeness (QED) is 0.604. The molecule has 52 valence electrons. The van der Waals surface area contributed by atoms with E-state index in [0.717, 1.165) is 12.1 Å². The molecule has 0 saturated heterocycles. The Morgan fingerprint density at radius 3 is 2.89 bits per heavy atom. The molecule has 3 nitrogen and oxygen atoms in total. The second-order valence-electron chi connectivity index (χ2n) is 1.60. The van der Waals surface area contributed by atoms with Gasteiger partial charge < -0.3 is 10.7 Å². The van der Waals surface area contributed by atoms with Crippen molar-refractivity contribution in [2.24, 2.45) is 5.73 Å². The maximum atomic E-state index is 5.27. The normalized spacial score (nSPS) is 8.56. The van der Waals surface area contributed by atoms with Crippen LogP contribution in [0, 0.1) is 0 Å². The van der Waals surface area contributed by atoms with E-state index in [1.807, 2.05) is 6.20 Å². The summed E-state index contributed by atoms with van der Waals surface area (Å²) in [4.78, 5) is 6.82. The SMILES string of the molecule is NCCc1c[nH]cn1.[Fe]. The molecule has 0 amide bonds. The zero-order valence-electron chi connectivity index (χ0n) is 4.95. The van der Waals surface area contributed by atoms with Crippen LogP contribution in [0.3, 0.4) is 0 Å². The maximum absolute atomic E-state index is 5.27. The van der Waals surface area contributed by atoms with Crippen molar-refractivity contribution in [3.8, 4) is 0 Å². The molecule has 0 aromatic carbocycles. The van der Waals surface area contributed by atoms with E-state index in [2.05, 4.69) is 9.97 Å². The van der Waals surface area contributed by atoms with Crippen LogP contribution in [0.25, 0.3) is 0 Å². The van der Waals surface area contributed by atoms with Crippen LogP contribution in [-0.2, 0) is 23.5 Å². The summed E-state index contributed by atoms with van der Waals surface area (Å²) in [7, 11) is 0. The number of aromatic nitrogens is 2. The van der Waals surface area contributed by atoms with Gasteiger partial charge >= 0.3 is 0 Å². The number of nitrogens with zero attached hydrogens (tertiary/aromatic N) is 1. The van der Waals surface area contributed by atoms with Crippen molar-refractivity contribution < 1.29 is 17.1 Å². The molecule has 9 heavy (non-hydrogen) atoms. The van der Waals surface area contributed by atoms with E-state index in [-0.39, 0.29) is 17.1 Å². The standard InChI is InChI=1S/C5H9N3.Fe/c6-2-1-5-3-7-4-8-5;/h3-4H,1-2,6H2,(H,7,8);. The molecular formula is C5H9FeN3. The summed E-state index contributed by atoms with van der Waals surface area (Å²) in [5.74, 6) is 0. The Morgan fingerprint density at radius 2 is 2.44 bits per heavy atom. The molecule has 1 rings (SSSR count). The number of H-pyrrole nitrogens is 1. The third-order valence-corrected chi connectivity index (χ3v) is 0.955. The summed E-state index contributed by atoms with van der Waals surface area (Å²) in [6, 6.07) is 0. The Labute approximate surface area is 64.5 Å². The van der Waals surface area contributed by atoms with Gasteiger partial charge in [0.05, 0.1) is 12.0 Å². The fraction of sp³-hybridized carbons (Fsp3) is 0.400. The van der Waals surface area contributed by atoms with E-state index in [0.29, 0.717) is 6.54 Å². The molecule has 0 atom stereocenters. The Morgan fingerprint density at radius 1 is 1.67 bits per heavy atom. The first-order valence-corrected chi connectivity index (χ1v) is 2.61. The zero-order chi connectivity index (χ0) is 5.82. The van der Waals surface area contributed by atoms with Gasteiger partial charge in [-0.3, -0.25) is 0 Å². The number of aromatic amines is 1. The smallest absolute Gasteiger partial charge is 0.0923 e. The van der Waals surface area contributed by atoms with Gasteiger partial charge in [0.2, 0.25) is 0 Å². The van der Waals surface area contributed by atoms with Gasteiger partial charge in [0.15, 0.2) is 0 Å². The molecule has 0 aliphatic heterocycles. The van der Waals surface area contributed by atoms with E-state index >= 15 is 0 Å². The molecule has 4 heteroatoms. The van der Waals surface area contributed by atoms with Crippen molar-refractivity contribution in [1.29, 1.82) is 0 Å². The summed E-state index contributed by atoms with van der Waals surface area (Å²) in [5, 5.41) is 0. The summed E-state index contributed by atoms with van der Waals surface area (Å²) < 4.78 is 0. The first-order chi connectivity index (χ1) is 3.93. The monoisotopic (exact) mass is 167 g/mol. The zero-order valence-corrected chi connectivity index (χ0v) is 6.05. The van der Waals surface area contributed by atoms with Gasteiger partial charge in [0, 0.05) is 29.7 Å². The van der Waals surface area contributed by atoms with E-state index in [4.69, 9.17) is 5.73 Å². The molecule has 0 spiro atoms. The molecule has 1 heterocycles. The van der Waals surface area contributed by atoms with Crippen LogP contribution in [0.4, 0.5) is 0 Å². The Bertz CT molecular complexity index is 138. The van der Waals surface area contributed by atoms with Crippen LogP contribution < -0.4 is 5.73 Å². The topological polar surface area (TPSA) is 54.7 Å². The van der Waals surface area contributed by atoms with E-state index < -0.39 is 0 Å². The second-order valence-corrected chi connectivity index (χ2v) is 1.60. The Kier molecular flexibility index (Phi) is 4.40. The molecular weight excluding hydrogens is 158 g/mol. The van der Waals surface area contributed by atoms with Crippen molar-refractivity contribution in [3.63, 3.8) is 0 Å². The number of nitrogens with two attached hydrogens (primary N) is 1. The van der Waals surface area contributed by atoms with Gasteiger partial charge in [-0.1, -0.05) is 0 Å². The molecule has 0 aliphatic rings. The van der Waals surface area contributed by atoms with Crippen molar-refractivity contribution in [1.82, 2.24) is 9.97 Å². The van der Waals surface area contributed by atoms with Crippen molar-refractivity contribution in [2.45, 2.75) is 6.42 Å². The minimum atomic E-state index is 0. The molecule has 0 aliphatic carbocycles. The first-order valence-electron chi connectivity index (χ1n) is 2.61. The minimum Gasteiger partial charge on any atom is -0.351 e. The van der Waals surface area contributed by atoms with Crippen molar-refractivity contribution >= 4 is 0 Å². The van der Waals surface area contributed by atoms with Gasteiger partial charge in [-0.25, -0.2) is 4.98 Å². The minimum absolute atomic E-state index is 0. The summed E-state index contributed by atoms with van der Waals surface area (Å²) >= 11 is 0. The van der Waals surface area contributed by atoms with Crippen LogP contribution in [-0.4, -0.2) is 16.5 Å². The maximum Gasteiger partial charge on any atom is 0.0923 e.